The van der Waals surface area contributed by atoms with Gasteiger partial charge >= 0.3 is 5.97 Å². The normalized spacial score (nSPS) is 10.9. The Morgan fingerprint density at radius 3 is 1.96 bits per heavy atom. The fourth-order valence-corrected chi connectivity index (χ4v) is 3.62. The molecule has 158 valence electrons. The van der Waals surface area contributed by atoms with Gasteiger partial charge in [0.2, 0.25) is 0 Å². The van der Waals surface area contributed by atoms with E-state index < -0.39 is 5.97 Å². The molecule has 0 amide bonds. The van der Waals surface area contributed by atoms with Crippen LogP contribution in [0.5, 0.6) is 0 Å². The molecule has 0 aliphatic heterocycles. The van der Waals surface area contributed by atoms with Gasteiger partial charge in [-0.2, -0.15) is 0 Å². The number of nitrogens with one attached hydrogen (secondary N) is 1. The number of hydrogen-bond donors (Lipinski definition) is 2. The van der Waals surface area contributed by atoms with Gasteiger partial charge in [-0.25, -0.2) is 9.78 Å². The van der Waals surface area contributed by atoms with Crippen molar-refractivity contribution in [1.82, 2.24) is 9.97 Å². The molecule has 0 bridgehead atoms. The van der Waals surface area contributed by atoms with Crippen LogP contribution in [0.25, 0.3) is 11.0 Å². The Morgan fingerprint density at radius 1 is 0.893 bits per heavy atom. The van der Waals surface area contributed by atoms with Crippen molar-refractivity contribution in [3.63, 3.8) is 0 Å². The third kappa shape index (κ3) is 9.09. The molecule has 1 aromatic carbocycles. The summed E-state index contributed by atoms with van der Waals surface area (Å²) in [5.74, 6) is 0.0696. The number of nitrogens with zero attached hydrogens (tertiary/aromatic N) is 1. The second kappa shape index (κ2) is 14.4. The van der Waals surface area contributed by atoms with Crippen LogP contribution in [0.3, 0.4) is 0 Å². The molecule has 0 unspecified atom stereocenters. The average Bonchev–Trinajstić information content (AvgIpc) is 3.07. The van der Waals surface area contributed by atoms with E-state index in [9.17, 15) is 4.79 Å². The minimum absolute atomic E-state index is 0. The molecule has 0 aliphatic carbocycles. The highest BCUT2D eigenvalue weighted by Crippen LogP contribution is 2.16. The Kier molecular flexibility index (Phi) is 12.6. The largest absolute Gasteiger partial charge is 0.478 e. The highest BCUT2D eigenvalue weighted by atomic mass is 35.5. The molecule has 1 aromatic heterocycles. The van der Waals surface area contributed by atoms with Crippen molar-refractivity contribution in [2.75, 3.05) is 0 Å². The molecule has 0 atom stereocenters. The second-order valence-electron chi connectivity index (χ2n) is 7.71. The first kappa shape index (κ1) is 24.5. The predicted molar refractivity (Wildman–Crippen MR) is 120 cm³/mol. The Bertz CT molecular complexity index is 684. The number of benzene rings is 1. The number of aryl methyl sites for hydroxylation is 1. The van der Waals surface area contributed by atoms with Gasteiger partial charge in [0.05, 0.1) is 16.6 Å². The van der Waals surface area contributed by atoms with Crippen molar-refractivity contribution in [2.24, 2.45) is 0 Å². The van der Waals surface area contributed by atoms with Gasteiger partial charge in [0.15, 0.2) is 0 Å². The van der Waals surface area contributed by atoms with Gasteiger partial charge in [-0.1, -0.05) is 84.0 Å². The quantitative estimate of drug-likeness (QED) is 0.303. The summed E-state index contributed by atoms with van der Waals surface area (Å²) >= 11 is 0. The number of H-pyrrole nitrogens is 1. The Balaban J connectivity index is 0.00000392. The maximum atomic E-state index is 11.0. The van der Waals surface area contributed by atoms with Gasteiger partial charge in [-0.05, 0) is 24.6 Å². The zero-order valence-electron chi connectivity index (χ0n) is 17.3. The number of aromatic nitrogens is 2. The fourth-order valence-electron chi connectivity index (χ4n) is 3.62. The van der Waals surface area contributed by atoms with Gasteiger partial charge in [-0.3, -0.25) is 0 Å². The Morgan fingerprint density at radius 2 is 1.43 bits per heavy atom. The van der Waals surface area contributed by atoms with Gasteiger partial charge in [0.25, 0.3) is 0 Å². The lowest BCUT2D eigenvalue weighted by molar-refractivity contribution is 0.0697. The van der Waals surface area contributed by atoms with E-state index in [1.165, 1.54) is 77.0 Å². The molecule has 0 radical (unpaired) electrons. The summed E-state index contributed by atoms with van der Waals surface area (Å²) in [5.41, 5.74) is 1.97. The summed E-state index contributed by atoms with van der Waals surface area (Å²) in [6.45, 7) is 2.27. The van der Waals surface area contributed by atoms with Gasteiger partial charge < -0.3 is 10.1 Å². The van der Waals surface area contributed by atoms with Crippen molar-refractivity contribution in [1.29, 1.82) is 0 Å². The van der Waals surface area contributed by atoms with Crippen molar-refractivity contribution in [2.45, 2.75) is 96.8 Å². The van der Waals surface area contributed by atoms with Crippen LogP contribution in [0.2, 0.25) is 0 Å². The first-order valence-electron chi connectivity index (χ1n) is 10.9. The third-order valence-electron chi connectivity index (χ3n) is 5.30. The maximum absolute atomic E-state index is 11.0. The molecule has 1 heterocycles. The zero-order valence-corrected chi connectivity index (χ0v) is 18.2. The van der Waals surface area contributed by atoms with Crippen LogP contribution in [0, 0.1) is 0 Å². The lowest BCUT2D eigenvalue weighted by atomic mass is 10.0. The summed E-state index contributed by atoms with van der Waals surface area (Å²) in [6, 6.07) is 5.06. The molecule has 2 rings (SSSR count). The smallest absolute Gasteiger partial charge is 0.335 e. The number of carbonyl (C=O) groups is 1. The van der Waals surface area contributed by atoms with Crippen molar-refractivity contribution in [3.05, 3.63) is 29.6 Å². The molecule has 0 aliphatic rings. The number of carboxylic acid groups (broad SMARTS) is 1. The minimum atomic E-state index is -0.899. The number of unbranched alkanes of at least 4 members (excludes halogenated alkanes) is 12. The highest BCUT2D eigenvalue weighted by Gasteiger charge is 2.07. The van der Waals surface area contributed by atoms with E-state index in [1.54, 1.807) is 18.2 Å². The van der Waals surface area contributed by atoms with E-state index in [4.69, 9.17) is 5.11 Å². The van der Waals surface area contributed by atoms with Gasteiger partial charge in [0.1, 0.15) is 5.82 Å². The summed E-state index contributed by atoms with van der Waals surface area (Å²) in [7, 11) is 0. The third-order valence-corrected chi connectivity index (χ3v) is 5.30. The molecular weight excluding hydrogens is 372 g/mol. The number of aromatic amines is 1. The van der Waals surface area contributed by atoms with Crippen LogP contribution in [-0.4, -0.2) is 21.0 Å². The summed E-state index contributed by atoms with van der Waals surface area (Å²) in [6.07, 6.45) is 18.6. The summed E-state index contributed by atoms with van der Waals surface area (Å²) in [5, 5.41) is 9.05. The monoisotopic (exact) mass is 408 g/mol. The van der Waals surface area contributed by atoms with Gasteiger partial charge in [0, 0.05) is 6.42 Å². The standard InChI is InChI=1S/C23H36N2O2.ClH/c1-2-3-4-5-6-7-8-9-10-11-12-13-14-15-22-24-20-17-16-19(23(26)27)18-21(20)25-22;/h16-18H,2-15H2,1H3,(H,24,25)(H,26,27);1H. The molecule has 2 aromatic rings. The summed E-state index contributed by atoms with van der Waals surface area (Å²) in [4.78, 5) is 18.8. The molecule has 4 nitrogen and oxygen atoms in total. The van der Waals surface area contributed by atoms with E-state index in [0.717, 1.165) is 29.7 Å². The molecule has 28 heavy (non-hydrogen) atoms. The molecule has 5 heteroatoms. The fraction of sp³-hybridized carbons (Fsp3) is 0.652. The van der Waals surface area contributed by atoms with Crippen LogP contribution in [0.1, 0.15) is 107 Å². The Labute approximate surface area is 175 Å². The predicted octanol–water partition coefficient (Wildman–Crippen LogP) is 7.32. The number of carboxylic acids is 1. The average molecular weight is 409 g/mol. The van der Waals surface area contributed by atoms with Crippen LogP contribution < -0.4 is 0 Å². The Hall–Kier alpha value is -1.55. The van der Waals surface area contributed by atoms with Crippen LogP contribution >= 0.6 is 12.4 Å². The zero-order chi connectivity index (χ0) is 19.3. The molecule has 2 N–H and O–H groups in total. The van der Waals surface area contributed by atoms with Crippen molar-refractivity contribution in [3.8, 4) is 0 Å². The van der Waals surface area contributed by atoms with Gasteiger partial charge in [-0.15, -0.1) is 12.4 Å². The van der Waals surface area contributed by atoms with Crippen LogP contribution in [0.15, 0.2) is 18.2 Å². The van der Waals surface area contributed by atoms with Crippen LogP contribution in [0.4, 0.5) is 0 Å². The van der Waals surface area contributed by atoms with Crippen molar-refractivity contribution >= 4 is 29.4 Å². The molecule has 0 fully saturated rings. The first-order chi connectivity index (χ1) is 13.2. The molecule has 0 spiro atoms. The summed E-state index contributed by atoms with van der Waals surface area (Å²) < 4.78 is 0. The minimum Gasteiger partial charge on any atom is -0.478 e. The lowest BCUT2D eigenvalue weighted by Gasteiger charge is -2.02. The SMILES string of the molecule is CCCCCCCCCCCCCCCc1nc2ccc(C(=O)O)cc2[nH]1.Cl. The highest BCUT2D eigenvalue weighted by molar-refractivity contribution is 5.92. The number of halogens is 1. The van der Waals surface area contributed by atoms with E-state index in [0.29, 0.717) is 5.56 Å². The number of aromatic carboxylic acids is 1. The lowest BCUT2D eigenvalue weighted by Crippen LogP contribution is -1.94. The molecular formula is C23H37ClN2O2. The van der Waals surface area contributed by atoms with E-state index in [1.807, 2.05) is 0 Å². The van der Waals surface area contributed by atoms with E-state index >= 15 is 0 Å². The molecule has 0 saturated heterocycles. The number of hydrogen-bond acceptors (Lipinski definition) is 2. The topological polar surface area (TPSA) is 66.0 Å². The second-order valence-corrected chi connectivity index (χ2v) is 7.71. The molecule has 0 saturated carbocycles. The maximum Gasteiger partial charge on any atom is 0.335 e. The number of imidazole rings is 1. The number of fused-ring (bicyclic) bond motifs is 1. The van der Waals surface area contributed by atoms with Crippen LogP contribution in [-0.2, 0) is 6.42 Å². The van der Waals surface area contributed by atoms with E-state index in [-0.39, 0.29) is 12.4 Å². The van der Waals surface area contributed by atoms with Crippen molar-refractivity contribution < 1.29 is 9.90 Å². The first-order valence-corrected chi connectivity index (χ1v) is 10.9. The van der Waals surface area contributed by atoms with E-state index in [2.05, 4.69) is 16.9 Å². The number of rotatable bonds is 15.